The van der Waals surface area contributed by atoms with Crippen LogP contribution in [0.2, 0.25) is 0 Å². The summed E-state index contributed by atoms with van der Waals surface area (Å²) in [5, 5.41) is 13.1. The second-order valence-corrected chi connectivity index (χ2v) is 5.93. The number of nitrogens with zero attached hydrogens (tertiary/aromatic N) is 2. The number of hydrogen-bond donors (Lipinski definition) is 3. The third-order valence-corrected chi connectivity index (χ3v) is 3.98. The lowest BCUT2D eigenvalue weighted by molar-refractivity contribution is -0.128. The Balaban J connectivity index is 2.05. The van der Waals surface area contributed by atoms with Gasteiger partial charge in [0.05, 0.1) is 18.6 Å². The van der Waals surface area contributed by atoms with Crippen molar-refractivity contribution in [2.24, 2.45) is 0 Å². The van der Waals surface area contributed by atoms with Crippen LogP contribution in [-0.2, 0) is 17.8 Å². The Morgan fingerprint density at radius 3 is 3.05 bits per heavy atom. The maximum atomic E-state index is 11.6. The fraction of sp³-hybridized carbons (Fsp3) is 0.667. The number of carbonyl (C=O) groups is 1. The number of hydrogen-bond acceptors (Lipinski definition) is 5. The van der Waals surface area contributed by atoms with Gasteiger partial charge < -0.3 is 15.4 Å². The molecule has 1 fully saturated rings. The molecule has 3 N–H and O–H groups in total. The average Bonchev–Trinajstić information content (AvgIpc) is 2.46. The highest BCUT2D eigenvalue weighted by Crippen LogP contribution is 2.25. The van der Waals surface area contributed by atoms with E-state index >= 15 is 0 Å². The zero-order valence-corrected chi connectivity index (χ0v) is 13.2. The molecule has 0 bridgehead atoms. The van der Waals surface area contributed by atoms with E-state index in [1.54, 1.807) is 7.05 Å². The van der Waals surface area contributed by atoms with Gasteiger partial charge in [-0.25, -0.2) is 4.98 Å². The van der Waals surface area contributed by atoms with Crippen molar-refractivity contribution in [2.75, 3.05) is 20.1 Å². The third kappa shape index (κ3) is 4.38. The minimum absolute atomic E-state index is 0.0962. The molecule has 2 heterocycles. The molecule has 0 aliphatic carbocycles. The highest BCUT2D eigenvalue weighted by molar-refractivity contribution is 5.76. The van der Waals surface area contributed by atoms with Gasteiger partial charge in [-0.1, -0.05) is 6.92 Å². The number of likely N-dealkylation sites (tertiary alicyclic amines) is 1. The molecular formula is C15H24N4O3. The largest absolute Gasteiger partial charge is 0.388 e. The Morgan fingerprint density at radius 1 is 1.59 bits per heavy atom. The molecule has 2 rings (SSSR count). The molecule has 1 atom stereocenters. The van der Waals surface area contributed by atoms with Gasteiger partial charge in [0.1, 0.15) is 5.82 Å². The minimum atomic E-state index is -1.01. The number of amides is 1. The highest BCUT2D eigenvalue weighted by atomic mass is 16.3. The molecule has 0 aromatic carbocycles. The van der Waals surface area contributed by atoms with E-state index in [-0.39, 0.29) is 17.9 Å². The van der Waals surface area contributed by atoms with Gasteiger partial charge in [-0.2, -0.15) is 0 Å². The summed E-state index contributed by atoms with van der Waals surface area (Å²) >= 11 is 0. The number of rotatable bonds is 5. The Morgan fingerprint density at radius 2 is 2.36 bits per heavy atom. The topological polar surface area (TPSA) is 98.3 Å². The number of H-pyrrole nitrogens is 1. The Hall–Kier alpha value is -1.73. The smallest absolute Gasteiger partial charge is 0.251 e. The van der Waals surface area contributed by atoms with Crippen molar-refractivity contribution in [3.05, 3.63) is 27.9 Å². The molecule has 0 radical (unpaired) electrons. The lowest BCUT2D eigenvalue weighted by Gasteiger charge is -2.38. The van der Waals surface area contributed by atoms with Gasteiger partial charge in [0.2, 0.25) is 5.91 Å². The Kier molecular flexibility index (Phi) is 5.31. The second-order valence-electron chi connectivity index (χ2n) is 5.93. The van der Waals surface area contributed by atoms with Crippen LogP contribution in [0.1, 0.15) is 37.7 Å². The van der Waals surface area contributed by atoms with Crippen molar-refractivity contribution < 1.29 is 9.90 Å². The van der Waals surface area contributed by atoms with Crippen molar-refractivity contribution in [1.82, 2.24) is 20.2 Å². The first-order valence-corrected chi connectivity index (χ1v) is 7.68. The Labute approximate surface area is 129 Å². The maximum absolute atomic E-state index is 11.6. The van der Waals surface area contributed by atoms with Gasteiger partial charge >= 0.3 is 0 Å². The molecule has 1 aromatic rings. The van der Waals surface area contributed by atoms with Crippen LogP contribution in [0.4, 0.5) is 0 Å². The van der Waals surface area contributed by atoms with Crippen LogP contribution in [0, 0.1) is 0 Å². The predicted octanol–water partition coefficient (Wildman–Crippen LogP) is -0.205. The van der Waals surface area contributed by atoms with Gasteiger partial charge in [0, 0.05) is 25.4 Å². The molecule has 22 heavy (non-hydrogen) atoms. The summed E-state index contributed by atoms with van der Waals surface area (Å²) in [6.07, 6.45) is 2.22. The van der Waals surface area contributed by atoms with Gasteiger partial charge in [-0.15, -0.1) is 0 Å². The van der Waals surface area contributed by atoms with Crippen molar-refractivity contribution in [3.8, 4) is 0 Å². The molecular weight excluding hydrogens is 284 g/mol. The molecule has 1 aliphatic heterocycles. The summed E-state index contributed by atoms with van der Waals surface area (Å²) in [5.74, 6) is 0.442. The molecule has 1 aliphatic rings. The molecule has 1 unspecified atom stereocenters. The van der Waals surface area contributed by atoms with E-state index in [2.05, 4.69) is 15.3 Å². The molecule has 0 saturated carbocycles. The summed E-state index contributed by atoms with van der Waals surface area (Å²) in [6, 6.07) is 1.50. The summed E-state index contributed by atoms with van der Waals surface area (Å²) < 4.78 is 0. The number of carbonyl (C=O) groups excluding carboxylic acids is 1. The minimum Gasteiger partial charge on any atom is -0.388 e. The van der Waals surface area contributed by atoms with Crippen LogP contribution in [0.15, 0.2) is 10.9 Å². The predicted molar refractivity (Wildman–Crippen MR) is 82.4 cm³/mol. The highest BCUT2D eigenvalue weighted by Gasteiger charge is 2.35. The van der Waals surface area contributed by atoms with Crippen LogP contribution in [0.5, 0.6) is 0 Å². The molecule has 1 amide bonds. The molecule has 7 nitrogen and oxygen atoms in total. The normalized spacial score (nSPS) is 22.5. The first-order valence-electron chi connectivity index (χ1n) is 7.68. The fourth-order valence-electron chi connectivity index (χ4n) is 2.90. The third-order valence-electron chi connectivity index (χ3n) is 3.98. The van der Waals surface area contributed by atoms with Gasteiger partial charge in [-0.05, 0) is 25.8 Å². The van der Waals surface area contributed by atoms with Crippen LogP contribution >= 0.6 is 0 Å². The number of piperidine rings is 1. The number of nitrogens with one attached hydrogen (secondary N) is 2. The molecule has 122 valence electrons. The van der Waals surface area contributed by atoms with E-state index in [0.29, 0.717) is 31.8 Å². The van der Waals surface area contributed by atoms with Crippen molar-refractivity contribution >= 4 is 5.91 Å². The zero-order chi connectivity index (χ0) is 16.2. The van der Waals surface area contributed by atoms with Crippen LogP contribution < -0.4 is 10.9 Å². The monoisotopic (exact) mass is 308 g/mol. The van der Waals surface area contributed by atoms with Crippen molar-refractivity contribution in [1.29, 1.82) is 0 Å². The van der Waals surface area contributed by atoms with E-state index in [9.17, 15) is 14.7 Å². The van der Waals surface area contributed by atoms with Gasteiger partial charge in [0.25, 0.3) is 5.56 Å². The average molecular weight is 308 g/mol. The van der Waals surface area contributed by atoms with E-state index in [1.807, 2.05) is 11.8 Å². The molecule has 1 aromatic heterocycles. The lowest BCUT2D eigenvalue weighted by atomic mass is 9.89. The summed E-state index contributed by atoms with van der Waals surface area (Å²) in [5.41, 5.74) is -0.406. The number of aliphatic hydroxyl groups is 1. The van der Waals surface area contributed by atoms with Crippen LogP contribution in [-0.4, -0.2) is 51.6 Å². The molecule has 1 saturated heterocycles. The van der Waals surface area contributed by atoms with E-state index < -0.39 is 5.60 Å². The number of aromatic nitrogens is 2. The quantitative estimate of drug-likeness (QED) is 0.699. The number of β-amino-alcohol motifs (C(OH)–C–C–N with tert-alkyl or cyclic N) is 1. The van der Waals surface area contributed by atoms with Crippen molar-refractivity contribution in [2.45, 2.75) is 44.8 Å². The van der Waals surface area contributed by atoms with E-state index in [4.69, 9.17) is 0 Å². The van der Waals surface area contributed by atoms with Crippen LogP contribution in [0.3, 0.4) is 0 Å². The molecule has 0 spiro atoms. The van der Waals surface area contributed by atoms with Gasteiger partial charge in [0.15, 0.2) is 0 Å². The second kappa shape index (κ2) is 7.02. The summed E-state index contributed by atoms with van der Waals surface area (Å²) in [7, 11) is 1.57. The van der Waals surface area contributed by atoms with E-state index in [0.717, 1.165) is 18.7 Å². The van der Waals surface area contributed by atoms with E-state index in [1.165, 1.54) is 6.07 Å². The first-order chi connectivity index (χ1) is 10.4. The maximum Gasteiger partial charge on any atom is 0.251 e. The van der Waals surface area contributed by atoms with Crippen molar-refractivity contribution in [3.63, 3.8) is 0 Å². The number of aryl methyl sites for hydroxylation is 1. The lowest BCUT2D eigenvalue weighted by Crippen LogP contribution is -2.50. The summed E-state index contributed by atoms with van der Waals surface area (Å²) in [4.78, 5) is 32.3. The van der Waals surface area contributed by atoms with Crippen LogP contribution in [0.25, 0.3) is 0 Å². The zero-order valence-electron chi connectivity index (χ0n) is 13.2. The SMILES string of the molecule is CCc1cc(=O)[nH]c(CN2CCCC(O)(CC(=O)NC)C2)n1. The Bertz CT molecular complexity index is 586. The van der Waals surface area contributed by atoms with Gasteiger partial charge in [-0.3, -0.25) is 14.5 Å². The molecule has 7 heteroatoms. The standard InChI is InChI=1S/C15H24N4O3/c1-3-11-7-13(20)18-12(17-11)9-19-6-4-5-15(22,10-19)8-14(21)16-2/h7,22H,3-6,8-10H2,1-2H3,(H,16,21)(H,17,18,20). The number of aromatic amines is 1. The first kappa shape index (κ1) is 16.6. The summed E-state index contributed by atoms with van der Waals surface area (Å²) in [6.45, 7) is 3.64. The fourth-order valence-corrected chi connectivity index (χ4v) is 2.90.